The lowest BCUT2D eigenvalue weighted by atomic mass is 10.2. The smallest absolute Gasteiger partial charge is 0.190 e. The molecule has 2 aromatic heterocycles. The normalized spacial score (nSPS) is 21.5. The fourth-order valence-electron chi connectivity index (χ4n) is 2.51. The zero-order valence-electron chi connectivity index (χ0n) is 11.6. The first-order chi connectivity index (χ1) is 10.7. The fraction of sp³-hybridized carbons (Fsp3) is 0.308. The molecule has 1 fully saturated rings. The van der Waals surface area contributed by atoms with Gasteiger partial charge in [0.25, 0.3) is 0 Å². The van der Waals surface area contributed by atoms with Gasteiger partial charge >= 0.3 is 0 Å². The third-order valence-corrected chi connectivity index (χ3v) is 3.73. The van der Waals surface area contributed by atoms with Gasteiger partial charge in [-0.2, -0.15) is 0 Å². The van der Waals surface area contributed by atoms with E-state index in [0.29, 0.717) is 24.6 Å². The molecule has 22 heavy (non-hydrogen) atoms. The van der Waals surface area contributed by atoms with Crippen LogP contribution in [0.2, 0.25) is 0 Å². The van der Waals surface area contributed by atoms with Gasteiger partial charge in [0, 0.05) is 37.7 Å². The summed E-state index contributed by atoms with van der Waals surface area (Å²) in [5.41, 5.74) is 3.64. The molecule has 1 saturated heterocycles. The Morgan fingerprint density at radius 3 is 2.73 bits per heavy atom. The van der Waals surface area contributed by atoms with Crippen molar-refractivity contribution in [3.05, 3.63) is 37.3 Å². The molecule has 9 nitrogen and oxygen atoms in total. The van der Waals surface area contributed by atoms with Crippen LogP contribution in [0.1, 0.15) is 0 Å². The number of aliphatic hydroxyl groups excluding tert-OH is 2. The monoisotopic (exact) mass is 301 g/mol. The molecule has 114 valence electrons. The Morgan fingerprint density at radius 1 is 1.18 bits per heavy atom. The summed E-state index contributed by atoms with van der Waals surface area (Å²) in [5.74, 6) is 1.27. The molecule has 2 aliphatic rings. The Bertz CT molecular complexity index is 696. The molecule has 0 saturated carbocycles. The zero-order valence-corrected chi connectivity index (χ0v) is 11.6. The lowest BCUT2D eigenvalue weighted by Gasteiger charge is -2.37. The Balaban J connectivity index is 1.55. The maximum absolute atomic E-state index is 10.4. The van der Waals surface area contributed by atoms with Crippen molar-refractivity contribution in [1.29, 1.82) is 0 Å². The molecule has 0 bridgehead atoms. The summed E-state index contributed by atoms with van der Waals surface area (Å²) in [7, 11) is 0. The lowest BCUT2D eigenvalue weighted by Crippen LogP contribution is -2.51. The van der Waals surface area contributed by atoms with E-state index < -0.39 is 6.23 Å². The van der Waals surface area contributed by atoms with Gasteiger partial charge in [-0.25, -0.2) is 20.0 Å². The number of hydrogen-bond donors (Lipinski definition) is 3. The molecule has 3 N–H and O–H groups in total. The highest BCUT2D eigenvalue weighted by molar-refractivity contribution is 5.62. The highest BCUT2D eigenvalue weighted by Crippen LogP contribution is 2.26. The molecular formula is C13H15N7O2. The fourth-order valence-corrected chi connectivity index (χ4v) is 2.51. The maximum Gasteiger partial charge on any atom is 0.190 e. The van der Waals surface area contributed by atoms with Crippen LogP contribution in [0.25, 0.3) is 5.70 Å². The average Bonchev–Trinajstić information content (AvgIpc) is 3.13. The van der Waals surface area contributed by atoms with Gasteiger partial charge in [-0.05, 0) is 0 Å². The van der Waals surface area contributed by atoms with Crippen molar-refractivity contribution in [2.45, 2.75) is 12.3 Å². The minimum absolute atomic E-state index is 0.302. The van der Waals surface area contributed by atoms with E-state index in [0.717, 1.165) is 5.82 Å². The van der Waals surface area contributed by atoms with Crippen molar-refractivity contribution < 1.29 is 10.2 Å². The average molecular weight is 301 g/mol. The molecule has 0 amide bonds. The maximum atomic E-state index is 10.4. The van der Waals surface area contributed by atoms with Gasteiger partial charge in [-0.3, -0.25) is 5.43 Å². The van der Waals surface area contributed by atoms with Crippen molar-refractivity contribution in [1.82, 2.24) is 24.9 Å². The van der Waals surface area contributed by atoms with Crippen molar-refractivity contribution in [2.75, 3.05) is 23.0 Å². The molecule has 1 unspecified atom stereocenters. The summed E-state index contributed by atoms with van der Waals surface area (Å²) in [5, 5.41) is 21.4. The van der Waals surface area contributed by atoms with Crippen molar-refractivity contribution in [2.24, 2.45) is 0 Å². The van der Waals surface area contributed by atoms with E-state index in [1.54, 1.807) is 35.6 Å². The molecule has 2 aromatic rings. The van der Waals surface area contributed by atoms with Gasteiger partial charge in [0.2, 0.25) is 0 Å². The summed E-state index contributed by atoms with van der Waals surface area (Å²) in [6, 6.07) is 1.77. The van der Waals surface area contributed by atoms with E-state index in [-0.39, 0.29) is 6.10 Å². The zero-order chi connectivity index (χ0) is 15.1. The summed E-state index contributed by atoms with van der Waals surface area (Å²) >= 11 is 0. The second kappa shape index (κ2) is 4.97. The number of anilines is 2. The van der Waals surface area contributed by atoms with Gasteiger partial charge in [0.05, 0.1) is 18.1 Å². The highest BCUT2D eigenvalue weighted by Gasteiger charge is 2.30. The molecule has 0 spiro atoms. The highest BCUT2D eigenvalue weighted by atomic mass is 16.3. The van der Waals surface area contributed by atoms with E-state index in [1.807, 2.05) is 4.90 Å². The van der Waals surface area contributed by atoms with E-state index in [4.69, 9.17) is 0 Å². The van der Waals surface area contributed by atoms with E-state index >= 15 is 0 Å². The number of nitrogens with one attached hydrogen (secondary N) is 1. The Hall–Kier alpha value is -2.65. The second-order valence-electron chi connectivity index (χ2n) is 5.21. The van der Waals surface area contributed by atoms with Crippen molar-refractivity contribution in [3.8, 4) is 0 Å². The summed E-state index contributed by atoms with van der Waals surface area (Å²) in [6.45, 7) is 1.12. The quantitative estimate of drug-likeness (QED) is 0.663. The van der Waals surface area contributed by atoms with Crippen molar-refractivity contribution >= 4 is 17.3 Å². The molecule has 1 atom stereocenters. The first kappa shape index (κ1) is 13.0. The standard InChI is InChI=1S/C13H15N7O2/c21-9-5-19(6-9)11-3-12(16-7-15-11)20-13(22)10(4-17-20)18-2-1-14-8-18/h1-4,7-9,13,17,21-22H,5-6H2. The first-order valence-electron chi connectivity index (χ1n) is 6.89. The van der Waals surface area contributed by atoms with Crippen LogP contribution in [0.15, 0.2) is 37.3 Å². The minimum atomic E-state index is -0.890. The number of nitrogens with zero attached hydrogens (tertiary/aromatic N) is 6. The number of aliphatic hydroxyl groups is 2. The molecule has 4 rings (SSSR count). The van der Waals surface area contributed by atoms with Gasteiger partial charge < -0.3 is 19.7 Å². The Kier molecular flexibility index (Phi) is 2.94. The Morgan fingerprint density at radius 2 is 2.00 bits per heavy atom. The Labute approximate surface area is 126 Å². The van der Waals surface area contributed by atoms with Gasteiger partial charge in [0.15, 0.2) is 12.0 Å². The molecule has 9 heteroatoms. The molecular weight excluding hydrogens is 286 g/mol. The summed E-state index contributed by atoms with van der Waals surface area (Å²) in [4.78, 5) is 14.3. The first-order valence-corrected chi connectivity index (χ1v) is 6.89. The van der Waals surface area contributed by atoms with Gasteiger partial charge in [-0.1, -0.05) is 0 Å². The molecule has 0 aliphatic carbocycles. The molecule has 4 heterocycles. The topological polar surface area (TPSA) is 103 Å². The number of hydrogen-bond acceptors (Lipinski definition) is 8. The van der Waals surface area contributed by atoms with Crippen LogP contribution in [0, 0.1) is 0 Å². The second-order valence-corrected chi connectivity index (χ2v) is 5.21. The predicted molar refractivity (Wildman–Crippen MR) is 78.4 cm³/mol. The number of imidazole rings is 1. The van der Waals surface area contributed by atoms with E-state index in [2.05, 4.69) is 20.4 Å². The number of hydrazine groups is 1. The van der Waals surface area contributed by atoms with E-state index in [1.165, 1.54) is 11.3 Å². The SMILES string of the molecule is OC1CN(c2cc(N3NC=C(n4ccnc4)C3O)ncn2)C1. The number of β-amino-alcohol motifs (C(OH)–C–C–N with tert-alkyl or cyclic N) is 1. The van der Waals surface area contributed by atoms with Crippen LogP contribution in [-0.2, 0) is 0 Å². The van der Waals surface area contributed by atoms with Crippen LogP contribution in [0.4, 0.5) is 11.6 Å². The van der Waals surface area contributed by atoms with Crippen LogP contribution in [0.3, 0.4) is 0 Å². The summed E-state index contributed by atoms with van der Waals surface area (Å²) < 4.78 is 1.73. The molecule has 2 aliphatic heterocycles. The van der Waals surface area contributed by atoms with Crippen LogP contribution in [0.5, 0.6) is 0 Å². The van der Waals surface area contributed by atoms with Crippen LogP contribution in [-0.4, -0.2) is 55.2 Å². The number of aromatic nitrogens is 4. The van der Waals surface area contributed by atoms with Crippen molar-refractivity contribution in [3.63, 3.8) is 0 Å². The largest absolute Gasteiger partial charge is 0.389 e. The van der Waals surface area contributed by atoms with Gasteiger partial charge in [-0.15, -0.1) is 0 Å². The number of rotatable bonds is 3. The molecule has 0 radical (unpaired) electrons. The van der Waals surface area contributed by atoms with Gasteiger partial charge in [0.1, 0.15) is 12.1 Å². The third-order valence-electron chi connectivity index (χ3n) is 3.73. The minimum Gasteiger partial charge on any atom is -0.389 e. The molecule has 0 aromatic carbocycles. The van der Waals surface area contributed by atoms with E-state index in [9.17, 15) is 10.2 Å². The predicted octanol–water partition coefficient (Wildman–Crippen LogP) is -1.00. The lowest BCUT2D eigenvalue weighted by molar-refractivity contribution is 0.141. The third kappa shape index (κ3) is 2.07. The van der Waals surface area contributed by atoms with Crippen LogP contribution < -0.4 is 15.3 Å². The summed E-state index contributed by atoms with van der Waals surface area (Å²) in [6.07, 6.45) is 6.97. The van der Waals surface area contributed by atoms with Crippen LogP contribution >= 0.6 is 0 Å².